The quantitative estimate of drug-likeness (QED) is 0.819. The fraction of sp³-hybridized carbons (Fsp3) is 0.455. The number of phenolic OH excluding ortho intramolecular Hbond substituents is 1. The van der Waals surface area contributed by atoms with Crippen molar-refractivity contribution in [1.29, 1.82) is 0 Å². The summed E-state index contributed by atoms with van der Waals surface area (Å²) in [6, 6.07) is 3.51. The Morgan fingerprint density at radius 3 is 2.47 bits per heavy atom. The lowest BCUT2D eigenvalue weighted by Crippen LogP contribution is -2.09. The summed E-state index contributed by atoms with van der Waals surface area (Å²) < 4.78 is 37.6. The summed E-state index contributed by atoms with van der Waals surface area (Å²) in [6.45, 7) is 1.90. The molecule has 0 unspecified atom stereocenters. The molecule has 1 nitrogen and oxygen atoms in total. The average molecular weight is 218 g/mol. The van der Waals surface area contributed by atoms with E-state index in [0.29, 0.717) is 6.42 Å². The highest BCUT2D eigenvalue weighted by Gasteiger charge is 2.33. The van der Waals surface area contributed by atoms with Crippen molar-refractivity contribution >= 4 is 0 Å². The molecule has 0 spiro atoms. The molecule has 0 radical (unpaired) electrons. The van der Waals surface area contributed by atoms with Gasteiger partial charge in [0.1, 0.15) is 5.75 Å². The molecule has 0 bridgehead atoms. The minimum atomic E-state index is -4.39. The highest BCUT2D eigenvalue weighted by molar-refractivity contribution is 5.40. The number of phenols is 1. The molecule has 15 heavy (non-hydrogen) atoms. The zero-order valence-corrected chi connectivity index (χ0v) is 8.43. The maximum Gasteiger partial charge on any atom is 0.416 e. The van der Waals surface area contributed by atoms with Gasteiger partial charge >= 0.3 is 6.18 Å². The number of aromatic hydroxyl groups is 1. The van der Waals surface area contributed by atoms with E-state index in [4.69, 9.17) is 0 Å². The molecule has 0 atom stereocenters. The average Bonchev–Trinajstić information content (AvgIpc) is 2.14. The first-order valence-electron chi connectivity index (χ1n) is 4.85. The molecule has 0 heterocycles. The largest absolute Gasteiger partial charge is 0.508 e. The second-order valence-corrected chi connectivity index (χ2v) is 3.40. The summed E-state index contributed by atoms with van der Waals surface area (Å²) in [7, 11) is 0. The number of alkyl halides is 3. The van der Waals surface area contributed by atoms with Gasteiger partial charge in [-0.1, -0.05) is 19.4 Å². The van der Waals surface area contributed by atoms with Gasteiger partial charge in [0.25, 0.3) is 0 Å². The summed E-state index contributed by atoms with van der Waals surface area (Å²) in [6.07, 6.45) is -2.69. The van der Waals surface area contributed by atoms with Gasteiger partial charge in [0.15, 0.2) is 0 Å². The van der Waals surface area contributed by atoms with E-state index < -0.39 is 11.7 Å². The molecule has 0 fully saturated rings. The SMILES string of the molecule is CCCCc1c(O)cccc1C(F)(F)F. The van der Waals surface area contributed by atoms with Crippen LogP contribution in [0, 0.1) is 0 Å². The molecule has 4 heteroatoms. The molecular weight excluding hydrogens is 205 g/mol. The van der Waals surface area contributed by atoms with E-state index in [1.54, 1.807) is 0 Å². The van der Waals surface area contributed by atoms with Crippen molar-refractivity contribution in [2.24, 2.45) is 0 Å². The van der Waals surface area contributed by atoms with Crippen molar-refractivity contribution in [2.75, 3.05) is 0 Å². The Bertz CT molecular complexity index is 331. The van der Waals surface area contributed by atoms with Crippen LogP contribution in [0.25, 0.3) is 0 Å². The van der Waals surface area contributed by atoms with Gasteiger partial charge in [0.2, 0.25) is 0 Å². The van der Waals surface area contributed by atoms with Gasteiger partial charge in [-0.15, -0.1) is 0 Å². The summed E-state index contributed by atoms with van der Waals surface area (Å²) in [4.78, 5) is 0. The molecule has 0 amide bonds. The number of hydrogen-bond donors (Lipinski definition) is 1. The second-order valence-electron chi connectivity index (χ2n) is 3.40. The maximum atomic E-state index is 12.5. The van der Waals surface area contributed by atoms with E-state index in [0.717, 1.165) is 12.5 Å². The van der Waals surface area contributed by atoms with Crippen LogP contribution in [-0.2, 0) is 12.6 Å². The second kappa shape index (κ2) is 4.55. The van der Waals surface area contributed by atoms with Crippen molar-refractivity contribution in [3.63, 3.8) is 0 Å². The Balaban J connectivity index is 3.09. The lowest BCUT2D eigenvalue weighted by molar-refractivity contribution is -0.138. The first-order chi connectivity index (χ1) is 6.96. The van der Waals surface area contributed by atoms with E-state index in [2.05, 4.69) is 0 Å². The van der Waals surface area contributed by atoms with Crippen molar-refractivity contribution in [3.8, 4) is 5.75 Å². The maximum absolute atomic E-state index is 12.5. The van der Waals surface area contributed by atoms with Gasteiger partial charge in [0.05, 0.1) is 5.56 Å². The topological polar surface area (TPSA) is 20.2 Å². The summed E-state index contributed by atoms with van der Waals surface area (Å²) in [5, 5.41) is 9.38. The minimum Gasteiger partial charge on any atom is -0.508 e. The Labute approximate surface area is 86.5 Å². The normalized spacial score (nSPS) is 11.7. The molecule has 1 rings (SSSR count). The number of unbranched alkanes of at least 4 members (excludes halogenated alkanes) is 1. The first kappa shape index (κ1) is 11.9. The fourth-order valence-electron chi connectivity index (χ4n) is 1.46. The summed E-state index contributed by atoms with van der Waals surface area (Å²) in [5.74, 6) is -0.265. The van der Waals surface area contributed by atoms with Crippen LogP contribution in [-0.4, -0.2) is 5.11 Å². The van der Waals surface area contributed by atoms with Crippen LogP contribution in [0.3, 0.4) is 0 Å². The van der Waals surface area contributed by atoms with Crippen molar-refractivity contribution in [3.05, 3.63) is 29.3 Å². The highest BCUT2D eigenvalue weighted by Crippen LogP contribution is 2.36. The predicted octanol–water partition coefficient (Wildman–Crippen LogP) is 3.75. The zero-order chi connectivity index (χ0) is 11.5. The molecule has 84 valence electrons. The van der Waals surface area contributed by atoms with Crippen LogP contribution in [0.15, 0.2) is 18.2 Å². The Kier molecular flexibility index (Phi) is 3.61. The monoisotopic (exact) mass is 218 g/mol. The van der Waals surface area contributed by atoms with Gasteiger partial charge < -0.3 is 5.11 Å². The van der Waals surface area contributed by atoms with Gasteiger partial charge in [0, 0.05) is 5.56 Å². The molecule has 0 saturated heterocycles. The van der Waals surface area contributed by atoms with E-state index in [-0.39, 0.29) is 17.7 Å². The van der Waals surface area contributed by atoms with E-state index in [1.807, 2.05) is 6.92 Å². The minimum absolute atomic E-state index is 0.00634. The third-order valence-electron chi connectivity index (χ3n) is 2.24. The highest BCUT2D eigenvalue weighted by atomic mass is 19.4. The zero-order valence-electron chi connectivity index (χ0n) is 8.43. The van der Waals surface area contributed by atoms with E-state index in [9.17, 15) is 18.3 Å². The van der Waals surface area contributed by atoms with Crippen molar-refractivity contribution in [2.45, 2.75) is 32.4 Å². The van der Waals surface area contributed by atoms with Crippen LogP contribution >= 0.6 is 0 Å². The predicted molar refractivity (Wildman–Crippen MR) is 51.7 cm³/mol. The van der Waals surface area contributed by atoms with Crippen molar-refractivity contribution < 1.29 is 18.3 Å². The lowest BCUT2D eigenvalue weighted by atomic mass is 10.0. The number of benzene rings is 1. The van der Waals surface area contributed by atoms with E-state index in [1.165, 1.54) is 12.1 Å². The van der Waals surface area contributed by atoms with Crippen LogP contribution in [0.2, 0.25) is 0 Å². The third kappa shape index (κ3) is 2.88. The van der Waals surface area contributed by atoms with Crippen LogP contribution in [0.5, 0.6) is 5.75 Å². The molecule has 1 aromatic rings. The lowest BCUT2D eigenvalue weighted by Gasteiger charge is -2.13. The van der Waals surface area contributed by atoms with Crippen LogP contribution in [0.1, 0.15) is 30.9 Å². The van der Waals surface area contributed by atoms with Crippen LogP contribution in [0.4, 0.5) is 13.2 Å². The summed E-state index contributed by atoms with van der Waals surface area (Å²) >= 11 is 0. The fourth-order valence-corrected chi connectivity index (χ4v) is 1.46. The molecule has 1 N–H and O–H groups in total. The van der Waals surface area contributed by atoms with Gasteiger partial charge in [-0.3, -0.25) is 0 Å². The Hall–Kier alpha value is -1.19. The van der Waals surface area contributed by atoms with E-state index >= 15 is 0 Å². The van der Waals surface area contributed by atoms with Crippen LogP contribution < -0.4 is 0 Å². The number of halogens is 3. The molecule has 0 aromatic heterocycles. The van der Waals surface area contributed by atoms with Gasteiger partial charge in [-0.2, -0.15) is 13.2 Å². The van der Waals surface area contributed by atoms with Gasteiger partial charge in [-0.25, -0.2) is 0 Å². The molecule has 0 aliphatic rings. The number of hydrogen-bond acceptors (Lipinski definition) is 1. The molecule has 0 aliphatic carbocycles. The standard InChI is InChI=1S/C11H13F3O/c1-2-3-5-8-9(11(12,13)14)6-4-7-10(8)15/h4,6-7,15H,2-3,5H2,1H3. The number of rotatable bonds is 3. The third-order valence-corrected chi connectivity index (χ3v) is 2.24. The smallest absolute Gasteiger partial charge is 0.416 e. The molecular formula is C11H13F3O. The Morgan fingerprint density at radius 2 is 1.93 bits per heavy atom. The van der Waals surface area contributed by atoms with Crippen molar-refractivity contribution in [1.82, 2.24) is 0 Å². The summed E-state index contributed by atoms with van der Waals surface area (Å²) in [5.41, 5.74) is -0.720. The first-order valence-corrected chi connectivity index (χ1v) is 4.85. The molecule has 0 saturated carbocycles. The molecule has 1 aromatic carbocycles. The van der Waals surface area contributed by atoms with Gasteiger partial charge in [-0.05, 0) is 25.0 Å². The molecule has 0 aliphatic heterocycles. The Morgan fingerprint density at radius 1 is 1.27 bits per heavy atom.